The van der Waals surface area contributed by atoms with E-state index in [0.29, 0.717) is 12.1 Å². The molecule has 3 rings (SSSR count). The van der Waals surface area contributed by atoms with Gasteiger partial charge < -0.3 is 0 Å². The van der Waals surface area contributed by atoms with Crippen LogP contribution in [-0.2, 0) is 0 Å². The summed E-state index contributed by atoms with van der Waals surface area (Å²) in [7, 11) is 0. The molecule has 0 bridgehead atoms. The summed E-state index contributed by atoms with van der Waals surface area (Å²) >= 11 is 0. The van der Waals surface area contributed by atoms with E-state index >= 15 is 0 Å². The molecular formula is C16H20N2. The first kappa shape index (κ1) is 11.7. The molecule has 0 radical (unpaired) electrons. The Morgan fingerprint density at radius 1 is 1.28 bits per heavy atom. The largest absolute Gasteiger partial charge is 0.294 e. The molecule has 2 heteroatoms. The van der Waals surface area contributed by atoms with Crippen LogP contribution in [0.1, 0.15) is 38.3 Å². The summed E-state index contributed by atoms with van der Waals surface area (Å²) in [6, 6.07) is 11.8. The number of hydrogen-bond donors (Lipinski definition) is 0. The van der Waals surface area contributed by atoms with Crippen LogP contribution in [-0.4, -0.2) is 22.5 Å². The minimum absolute atomic E-state index is 0.558. The molecule has 0 aliphatic carbocycles. The summed E-state index contributed by atoms with van der Waals surface area (Å²) in [5, 5.41) is 1.26. The number of nitrogens with zero attached hydrogens (tertiary/aromatic N) is 2. The zero-order valence-corrected chi connectivity index (χ0v) is 11.1. The van der Waals surface area contributed by atoms with Crippen LogP contribution in [0.2, 0.25) is 0 Å². The zero-order valence-electron chi connectivity index (χ0n) is 11.1. The van der Waals surface area contributed by atoms with E-state index in [-0.39, 0.29) is 0 Å². The lowest BCUT2D eigenvalue weighted by atomic mass is 10.0. The van der Waals surface area contributed by atoms with Crippen molar-refractivity contribution < 1.29 is 0 Å². The van der Waals surface area contributed by atoms with Crippen LogP contribution in [0.15, 0.2) is 36.5 Å². The predicted molar refractivity (Wildman–Crippen MR) is 75.6 cm³/mol. The fraction of sp³-hybridized carbons (Fsp3) is 0.438. The van der Waals surface area contributed by atoms with Crippen molar-refractivity contribution >= 4 is 10.9 Å². The Bertz CT molecular complexity index is 548. The molecule has 0 amide bonds. The molecule has 0 N–H and O–H groups in total. The van der Waals surface area contributed by atoms with Gasteiger partial charge >= 0.3 is 0 Å². The Labute approximate surface area is 109 Å². The second kappa shape index (κ2) is 4.69. The molecule has 1 aromatic heterocycles. The fourth-order valence-electron chi connectivity index (χ4n) is 3.04. The normalized spacial score (nSPS) is 20.9. The third-order valence-corrected chi connectivity index (χ3v) is 3.95. The molecule has 2 heterocycles. The smallest absolute Gasteiger partial charge is 0.0702 e. The van der Waals surface area contributed by atoms with Gasteiger partial charge in [0.1, 0.15) is 0 Å². The van der Waals surface area contributed by atoms with Crippen molar-refractivity contribution in [1.82, 2.24) is 9.88 Å². The summed E-state index contributed by atoms with van der Waals surface area (Å²) in [5.41, 5.74) is 2.47. The van der Waals surface area contributed by atoms with Crippen molar-refractivity contribution in [1.29, 1.82) is 0 Å². The van der Waals surface area contributed by atoms with Gasteiger partial charge in [0.25, 0.3) is 0 Å². The van der Waals surface area contributed by atoms with E-state index < -0.39 is 0 Å². The minimum Gasteiger partial charge on any atom is -0.294 e. The first-order valence-corrected chi connectivity index (χ1v) is 6.86. The van der Waals surface area contributed by atoms with Gasteiger partial charge in [0.15, 0.2) is 0 Å². The molecular weight excluding hydrogens is 220 g/mol. The lowest BCUT2D eigenvalue weighted by Gasteiger charge is -2.28. The van der Waals surface area contributed by atoms with E-state index in [4.69, 9.17) is 0 Å². The van der Waals surface area contributed by atoms with E-state index in [1.165, 1.54) is 30.3 Å². The van der Waals surface area contributed by atoms with E-state index in [1.54, 1.807) is 0 Å². The third kappa shape index (κ3) is 2.01. The average Bonchev–Trinajstić information content (AvgIpc) is 2.87. The van der Waals surface area contributed by atoms with Gasteiger partial charge in [-0.05, 0) is 50.9 Å². The summed E-state index contributed by atoms with van der Waals surface area (Å²) < 4.78 is 0. The Kier molecular flexibility index (Phi) is 3.04. The maximum atomic E-state index is 4.59. The van der Waals surface area contributed by atoms with E-state index in [0.717, 1.165) is 5.52 Å². The lowest BCUT2D eigenvalue weighted by molar-refractivity contribution is 0.205. The summed E-state index contributed by atoms with van der Waals surface area (Å²) in [4.78, 5) is 7.18. The molecule has 0 spiro atoms. The molecule has 0 unspecified atom stereocenters. The minimum atomic E-state index is 0.558. The number of para-hydroxylation sites is 1. The molecule has 1 aliphatic heterocycles. The number of rotatable bonds is 2. The Morgan fingerprint density at radius 2 is 2.11 bits per heavy atom. The van der Waals surface area contributed by atoms with Crippen LogP contribution in [0, 0.1) is 0 Å². The number of benzene rings is 1. The number of hydrogen-bond acceptors (Lipinski definition) is 2. The van der Waals surface area contributed by atoms with Gasteiger partial charge in [-0.15, -0.1) is 0 Å². The van der Waals surface area contributed by atoms with Gasteiger partial charge in [-0.25, -0.2) is 0 Å². The van der Waals surface area contributed by atoms with Crippen molar-refractivity contribution in [2.75, 3.05) is 6.54 Å². The molecule has 1 aliphatic rings. The molecule has 18 heavy (non-hydrogen) atoms. The highest BCUT2D eigenvalue weighted by molar-refractivity contribution is 5.78. The van der Waals surface area contributed by atoms with Gasteiger partial charge in [0.05, 0.1) is 5.52 Å². The van der Waals surface area contributed by atoms with Crippen LogP contribution < -0.4 is 0 Å². The third-order valence-electron chi connectivity index (χ3n) is 3.95. The van der Waals surface area contributed by atoms with Gasteiger partial charge in [-0.3, -0.25) is 9.88 Å². The molecule has 2 aromatic rings. The maximum absolute atomic E-state index is 4.59. The first-order chi connectivity index (χ1) is 8.75. The summed E-state index contributed by atoms with van der Waals surface area (Å²) in [6.07, 6.45) is 4.63. The lowest BCUT2D eigenvalue weighted by Crippen LogP contribution is -2.30. The van der Waals surface area contributed by atoms with Crippen LogP contribution in [0.3, 0.4) is 0 Å². The number of likely N-dealkylation sites (tertiary alicyclic amines) is 1. The van der Waals surface area contributed by atoms with Crippen LogP contribution in [0.25, 0.3) is 10.9 Å². The van der Waals surface area contributed by atoms with Crippen molar-refractivity contribution in [3.05, 3.63) is 42.1 Å². The number of pyridine rings is 1. The second-order valence-electron chi connectivity index (χ2n) is 5.45. The van der Waals surface area contributed by atoms with Gasteiger partial charge in [-0.1, -0.05) is 18.2 Å². The highest BCUT2D eigenvalue weighted by Gasteiger charge is 2.27. The molecule has 2 nitrogen and oxygen atoms in total. The Hall–Kier alpha value is -1.41. The molecule has 1 fully saturated rings. The van der Waals surface area contributed by atoms with Crippen molar-refractivity contribution in [2.45, 2.75) is 38.8 Å². The van der Waals surface area contributed by atoms with Crippen LogP contribution >= 0.6 is 0 Å². The van der Waals surface area contributed by atoms with E-state index in [1.807, 2.05) is 6.07 Å². The average molecular weight is 240 g/mol. The highest BCUT2D eigenvalue weighted by Crippen LogP contribution is 2.34. The van der Waals surface area contributed by atoms with Crippen LogP contribution in [0.5, 0.6) is 0 Å². The van der Waals surface area contributed by atoms with Gasteiger partial charge in [0, 0.05) is 23.7 Å². The molecule has 1 saturated heterocycles. The molecule has 94 valence electrons. The maximum Gasteiger partial charge on any atom is 0.0702 e. The molecule has 0 saturated carbocycles. The second-order valence-corrected chi connectivity index (χ2v) is 5.45. The summed E-state index contributed by atoms with van der Waals surface area (Å²) in [6.45, 7) is 5.79. The Morgan fingerprint density at radius 3 is 2.94 bits per heavy atom. The monoisotopic (exact) mass is 240 g/mol. The highest BCUT2D eigenvalue weighted by atomic mass is 15.2. The van der Waals surface area contributed by atoms with Crippen LogP contribution in [0.4, 0.5) is 0 Å². The van der Waals surface area contributed by atoms with Crippen molar-refractivity contribution in [3.8, 4) is 0 Å². The molecule has 1 aromatic carbocycles. The van der Waals surface area contributed by atoms with Gasteiger partial charge in [0.2, 0.25) is 0 Å². The Balaban J connectivity index is 1.98. The van der Waals surface area contributed by atoms with E-state index in [2.05, 4.69) is 54.2 Å². The fourth-order valence-corrected chi connectivity index (χ4v) is 3.04. The molecule has 1 atom stereocenters. The van der Waals surface area contributed by atoms with E-state index in [9.17, 15) is 0 Å². The zero-order chi connectivity index (χ0) is 12.5. The first-order valence-electron chi connectivity index (χ1n) is 6.86. The van der Waals surface area contributed by atoms with Crippen molar-refractivity contribution in [3.63, 3.8) is 0 Å². The number of fused-ring (bicyclic) bond motifs is 1. The standard InChI is InChI=1S/C16H20N2/c1-12(2)18-9-5-8-16(18)14-10-13-6-3-4-7-15(13)17-11-14/h3-4,6-7,10-12,16H,5,8-9H2,1-2H3/t16-/m1/s1. The quantitative estimate of drug-likeness (QED) is 0.794. The predicted octanol–water partition coefficient (Wildman–Crippen LogP) is 3.78. The number of aromatic nitrogens is 1. The SMILES string of the molecule is CC(C)N1CCC[C@@H]1c1cnc2ccccc2c1. The summed E-state index contributed by atoms with van der Waals surface area (Å²) in [5.74, 6) is 0. The van der Waals surface area contributed by atoms with Gasteiger partial charge in [-0.2, -0.15) is 0 Å². The topological polar surface area (TPSA) is 16.1 Å². The van der Waals surface area contributed by atoms with Crippen molar-refractivity contribution in [2.24, 2.45) is 0 Å².